The molecular formula is C17H27N3O5S2. The summed E-state index contributed by atoms with van der Waals surface area (Å²) in [6, 6.07) is 5.47. The fraction of sp³-hybridized carbons (Fsp3) is 0.647. The van der Waals surface area contributed by atoms with Crippen LogP contribution in [0.1, 0.15) is 25.7 Å². The lowest BCUT2D eigenvalue weighted by Crippen LogP contribution is -2.49. The van der Waals surface area contributed by atoms with Crippen LogP contribution in [0.4, 0.5) is 0 Å². The summed E-state index contributed by atoms with van der Waals surface area (Å²) in [5.41, 5.74) is 0. The fourth-order valence-electron chi connectivity index (χ4n) is 3.87. The molecule has 0 bridgehead atoms. The fourth-order valence-corrected chi connectivity index (χ4v) is 5.86. The summed E-state index contributed by atoms with van der Waals surface area (Å²) in [6.07, 6.45) is 3.97. The van der Waals surface area contributed by atoms with E-state index < -0.39 is 20.0 Å². The van der Waals surface area contributed by atoms with Crippen LogP contribution in [-0.4, -0.2) is 71.5 Å². The second-order valence-electron chi connectivity index (χ2n) is 7.12. The number of methoxy groups -OCH3 is 1. The van der Waals surface area contributed by atoms with Crippen molar-refractivity contribution in [2.75, 3.05) is 33.3 Å². The Hall–Kier alpha value is -1.04. The Bertz CT molecular complexity index is 839. The monoisotopic (exact) mass is 417 g/mol. The molecule has 10 heteroatoms. The van der Waals surface area contributed by atoms with Gasteiger partial charge < -0.3 is 9.64 Å². The molecule has 2 N–H and O–H groups in total. The molecule has 0 unspecified atom stereocenters. The standard InChI is InChI=1S/C17H27N3O5S2/c1-25-15-8-10-19(11-9-15)14-6-12-20(13-7-14)27(23,24)17-4-2-16(3-5-17)26(18,21)22/h2-5,14-15H,6-13H2,1H3,(H2,18,21,22). The highest BCUT2D eigenvalue weighted by Gasteiger charge is 2.33. The molecule has 3 rings (SSSR count). The van der Waals surface area contributed by atoms with Crippen molar-refractivity contribution in [3.05, 3.63) is 24.3 Å². The molecule has 0 aromatic heterocycles. The van der Waals surface area contributed by atoms with Gasteiger partial charge in [-0.05, 0) is 49.9 Å². The zero-order valence-electron chi connectivity index (χ0n) is 15.5. The molecular weight excluding hydrogens is 390 g/mol. The van der Waals surface area contributed by atoms with Crippen LogP contribution in [-0.2, 0) is 24.8 Å². The second-order valence-corrected chi connectivity index (χ2v) is 10.6. The third-order valence-corrected chi connectivity index (χ3v) is 8.38. The maximum Gasteiger partial charge on any atom is 0.243 e. The number of hydrogen-bond donors (Lipinski definition) is 1. The van der Waals surface area contributed by atoms with Crippen LogP contribution >= 0.6 is 0 Å². The molecule has 8 nitrogen and oxygen atoms in total. The first-order valence-electron chi connectivity index (χ1n) is 9.11. The van der Waals surface area contributed by atoms with E-state index in [0.29, 0.717) is 25.2 Å². The number of nitrogens with two attached hydrogens (primary N) is 1. The highest BCUT2D eigenvalue weighted by atomic mass is 32.2. The summed E-state index contributed by atoms with van der Waals surface area (Å²) < 4.78 is 55.2. The van der Waals surface area contributed by atoms with Gasteiger partial charge in [-0.2, -0.15) is 4.31 Å². The van der Waals surface area contributed by atoms with Gasteiger partial charge in [-0.3, -0.25) is 0 Å². The first-order valence-corrected chi connectivity index (χ1v) is 12.1. The molecule has 0 aliphatic carbocycles. The van der Waals surface area contributed by atoms with Gasteiger partial charge in [0.05, 0.1) is 15.9 Å². The van der Waals surface area contributed by atoms with Crippen molar-refractivity contribution in [2.24, 2.45) is 5.14 Å². The molecule has 2 aliphatic heterocycles. The molecule has 0 atom stereocenters. The van der Waals surface area contributed by atoms with Gasteiger partial charge in [-0.25, -0.2) is 22.0 Å². The van der Waals surface area contributed by atoms with Gasteiger partial charge in [-0.1, -0.05) is 0 Å². The normalized spacial score (nSPS) is 22.1. The molecule has 0 amide bonds. The Morgan fingerprint density at radius 2 is 1.41 bits per heavy atom. The second kappa shape index (κ2) is 8.14. The molecule has 0 saturated carbocycles. The van der Waals surface area contributed by atoms with E-state index in [9.17, 15) is 16.8 Å². The minimum atomic E-state index is -3.84. The lowest BCUT2D eigenvalue weighted by molar-refractivity contribution is 0.0190. The Labute approximate surface area is 161 Å². The summed E-state index contributed by atoms with van der Waals surface area (Å²) in [5.74, 6) is 0. The highest BCUT2D eigenvalue weighted by molar-refractivity contribution is 7.89. The van der Waals surface area contributed by atoms with E-state index in [1.54, 1.807) is 7.11 Å². The minimum Gasteiger partial charge on any atom is -0.381 e. The van der Waals surface area contributed by atoms with Crippen molar-refractivity contribution in [2.45, 2.75) is 47.6 Å². The quantitative estimate of drug-likeness (QED) is 0.751. The van der Waals surface area contributed by atoms with Gasteiger partial charge in [0.25, 0.3) is 0 Å². The molecule has 152 valence electrons. The predicted molar refractivity (Wildman–Crippen MR) is 101 cm³/mol. The third-order valence-electron chi connectivity index (χ3n) is 5.54. The van der Waals surface area contributed by atoms with Gasteiger partial charge >= 0.3 is 0 Å². The van der Waals surface area contributed by atoms with Crippen LogP contribution in [0.3, 0.4) is 0 Å². The van der Waals surface area contributed by atoms with Crippen molar-refractivity contribution in [3.8, 4) is 0 Å². The summed E-state index contributed by atoms with van der Waals surface area (Å²) >= 11 is 0. The number of likely N-dealkylation sites (tertiary alicyclic amines) is 1. The predicted octanol–water partition coefficient (Wildman–Crippen LogP) is 0.598. The van der Waals surface area contributed by atoms with Gasteiger partial charge in [0.1, 0.15) is 0 Å². The van der Waals surface area contributed by atoms with E-state index >= 15 is 0 Å². The lowest BCUT2D eigenvalue weighted by Gasteiger charge is -2.41. The van der Waals surface area contributed by atoms with Crippen LogP contribution in [0.25, 0.3) is 0 Å². The van der Waals surface area contributed by atoms with Crippen molar-refractivity contribution < 1.29 is 21.6 Å². The molecule has 1 aromatic rings. The number of rotatable bonds is 5. The topological polar surface area (TPSA) is 110 Å². The molecule has 2 saturated heterocycles. The molecule has 1 aromatic carbocycles. The van der Waals surface area contributed by atoms with E-state index in [2.05, 4.69) is 4.90 Å². The van der Waals surface area contributed by atoms with Crippen molar-refractivity contribution in [1.29, 1.82) is 0 Å². The van der Waals surface area contributed by atoms with Gasteiger partial charge in [0, 0.05) is 39.3 Å². The molecule has 27 heavy (non-hydrogen) atoms. The molecule has 2 heterocycles. The van der Waals surface area contributed by atoms with Crippen LogP contribution in [0.2, 0.25) is 0 Å². The molecule has 0 spiro atoms. The number of benzene rings is 1. The summed E-state index contributed by atoms with van der Waals surface area (Å²) in [6.45, 7) is 2.91. The molecule has 2 aliphatic rings. The van der Waals surface area contributed by atoms with Crippen molar-refractivity contribution >= 4 is 20.0 Å². The van der Waals surface area contributed by atoms with Gasteiger partial charge in [0.2, 0.25) is 20.0 Å². The molecule has 2 fully saturated rings. The van der Waals surface area contributed by atoms with E-state index in [-0.39, 0.29) is 9.79 Å². The van der Waals surface area contributed by atoms with Crippen molar-refractivity contribution in [1.82, 2.24) is 9.21 Å². The zero-order chi connectivity index (χ0) is 19.7. The van der Waals surface area contributed by atoms with E-state index in [0.717, 1.165) is 38.8 Å². The number of sulfonamides is 2. The summed E-state index contributed by atoms with van der Waals surface area (Å²) in [4.78, 5) is 2.44. The summed E-state index contributed by atoms with van der Waals surface area (Å²) in [5, 5.41) is 5.06. The Morgan fingerprint density at radius 3 is 1.89 bits per heavy atom. The zero-order valence-corrected chi connectivity index (χ0v) is 17.1. The Morgan fingerprint density at radius 1 is 0.889 bits per heavy atom. The van der Waals surface area contributed by atoms with Gasteiger partial charge in [0.15, 0.2) is 0 Å². The van der Waals surface area contributed by atoms with E-state index in [4.69, 9.17) is 9.88 Å². The average Bonchev–Trinajstić information content (AvgIpc) is 2.67. The number of piperidine rings is 2. The third kappa shape index (κ3) is 4.69. The number of primary sulfonamides is 1. The largest absolute Gasteiger partial charge is 0.381 e. The first kappa shape index (κ1) is 20.7. The lowest BCUT2D eigenvalue weighted by atomic mass is 10.00. The molecule has 0 radical (unpaired) electrons. The highest BCUT2D eigenvalue weighted by Crippen LogP contribution is 2.26. The van der Waals surface area contributed by atoms with Crippen molar-refractivity contribution in [3.63, 3.8) is 0 Å². The number of nitrogens with zero attached hydrogens (tertiary/aromatic N) is 2. The smallest absolute Gasteiger partial charge is 0.243 e. The van der Waals surface area contributed by atoms with Gasteiger partial charge in [-0.15, -0.1) is 0 Å². The van der Waals surface area contributed by atoms with Crippen LogP contribution in [0, 0.1) is 0 Å². The Kier molecular flexibility index (Phi) is 6.24. The number of hydrogen-bond acceptors (Lipinski definition) is 6. The van der Waals surface area contributed by atoms with E-state index in [1.165, 1.54) is 28.6 Å². The van der Waals surface area contributed by atoms with Crippen LogP contribution in [0.15, 0.2) is 34.1 Å². The maximum absolute atomic E-state index is 12.8. The maximum atomic E-state index is 12.8. The summed E-state index contributed by atoms with van der Waals surface area (Å²) in [7, 11) is -5.72. The number of ether oxygens (including phenoxy) is 1. The van der Waals surface area contributed by atoms with E-state index in [1.807, 2.05) is 0 Å². The van der Waals surface area contributed by atoms with Crippen LogP contribution in [0.5, 0.6) is 0 Å². The SMILES string of the molecule is COC1CCN(C2CCN(S(=O)(=O)c3ccc(S(N)(=O)=O)cc3)CC2)CC1. The Balaban J connectivity index is 1.61. The average molecular weight is 418 g/mol. The van der Waals surface area contributed by atoms with Crippen LogP contribution < -0.4 is 5.14 Å². The minimum absolute atomic E-state index is 0.0919. The first-order chi connectivity index (χ1) is 12.7.